The van der Waals surface area contributed by atoms with E-state index in [1.165, 1.54) is 35.2 Å². The molecule has 2 N–H and O–H groups in total. The first-order valence-corrected chi connectivity index (χ1v) is 8.43. The molecule has 1 heterocycles. The maximum absolute atomic E-state index is 12.9. The van der Waals surface area contributed by atoms with Crippen LogP contribution in [0.1, 0.15) is 25.5 Å². The standard InChI is InChI=1S/C14H17FN4OS2/c1-8(10-4-6-11(15)7-5-10)17-12(20)9(2)21-14-19-18-13(16-3)22-14/h4-9H,1-3H3,(H,16,18)(H,17,20)/t8-,9+/m0/s1. The van der Waals surface area contributed by atoms with Crippen LogP contribution in [-0.2, 0) is 4.79 Å². The molecule has 2 rings (SSSR count). The van der Waals surface area contributed by atoms with Crippen LogP contribution in [0, 0.1) is 5.82 Å². The summed E-state index contributed by atoms with van der Waals surface area (Å²) in [4.78, 5) is 12.2. The molecule has 0 aliphatic rings. The Labute approximate surface area is 136 Å². The van der Waals surface area contributed by atoms with Gasteiger partial charge in [0.1, 0.15) is 5.82 Å². The molecule has 0 radical (unpaired) electrons. The molecule has 1 amide bonds. The van der Waals surface area contributed by atoms with Gasteiger partial charge in [-0.25, -0.2) is 4.39 Å². The Morgan fingerprint density at radius 3 is 2.55 bits per heavy atom. The van der Waals surface area contributed by atoms with Gasteiger partial charge in [-0.05, 0) is 31.5 Å². The first-order chi connectivity index (χ1) is 10.5. The predicted molar refractivity (Wildman–Crippen MR) is 87.7 cm³/mol. The summed E-state index contributed by atoms with van der Waals surface area (Å²) in [5.41, 5.74) is 0.861. The molecule has 0 fully saturated rings. The van der Waals surface area contributed by atoms with Crippen molar-refractivity contribution >= 4 is 34.1 Å². The Morgan fingerprint density at radius 2 is 1.95 bits per heavy atom. The molecule has 8 heteroatoms. The minimum Gasteiger partial charge on any atom is -0.363 e. The van der Waals surface area contributed by atoms with Gasteiger partial charge in [-0.15, -0.1) is 10.2 Å². The fourth-order valence-electron chi connectivity index (χ4n) is 1.73. The molecule has 0 aliphatic carbocycles. The molecular weight excluding hydrogens is 323 g/mol. The number of thioether (sulfide) groups is 1. The molecule has 118 valence electrons. The van der Waals surface area contributed by atoms with E-state index in [-0.39, 0.29) is 23.0 Å². The maximum Gasteiger partial charge on any atom is 0.233 e. The zero-order chi connectivity index (χ0) is 16.1. The van der Waals surface area contributed by atoms with Crippen LogP contribution in [0.2, 0.25) is 0 Å². The predicted octanol–water partition coefficient (Wildman–Crippen LogP) is 3.08. The van der Waals surface area contributed by atoms with E-state index in [1.807, 2.05) is 13.8 Å². The lowest BCUT2D eigenvalue weighted by Crippen LogP contribution is -2.33. The fraction of sp³-hybridized carbons (Fsp3) is 0.357. The number of amides is 1. The fourth-order valence-corrected chi connectivity index (χ4v) is 3.59. The Kier molecular flexibility index (Phi) is 5.73. The van der Waals surface area contributed by atoms with Gasteiger partial charge >= 0.3 is 0 Å². The van der Waals surface area contributed by atoms with Gasteiger partial charge in [0.15, 0.2) is 4.34 Å². The number of rotatable bonds is 6. The summed E-state index contributed by atoms with van der Waals surface area (Å²) >= 11 is 2.76. The molecule has 1 aromatic heterocycles. The molecule has 22 heavy (non-hydrogen) atoms. The average molecular weight is 340 g/mol. The van der Waals surface area contributed by atoms with Gasteiger partial charge < -0.3 is 10.6 Å². The third kappa shape index (κ3) is 4.41. The van der Waals surface area contributed by atoms with Gasteiger partial charge in [0.2, 0.25) is 11.0 Å². The Hall–Kier alpha value is -1.67. The van der Waals surface area contributed by atoms with E-state index in [0.717, 1.165) is 15.0 Å². The Balaban J connectivity index is 1.91. The highest BCUT2D eigenvalue weighted by atomic mass is 32.2. The molecule has 2 atom stereocenters. The largest absolute Gasteiger partial charge is 0.363 e. The first kappa shape index (κ1) is 16.7. The molecular formula is C14H17FN4OS2. The van der Waals surface area contributed by atoms with Crippen LogP contribution in [0.3, 0.4) is 0 Å². The number of carbonyl (C=O) groups excluding carboxylic acids is 1. The number of carbonyl (C=O) groups is 1. The van der Waals surface area contributed by atoms with Crippen molar-refractivity contribution in [3.05, 3.63) is 35.6 Å². The molecule has 0 saturated heterocycles. The van der Waals surface area contributed by atoms with E-state index >= 15 is 0 Å². The third-order valence-corrected chi connectivity index (χ3v) is 5.12. The topological polar surface area (TPSA) is 66.9 Å². The lowest BCUT2D eigenvalue weighted by atomic mass is 10.1. The van der Waals surface area contributed by atoms with Crippen molar-refractivity contribution in [2.24, 2.45) is 0 Å². The van der Waals surface area contributed by atoms with Gasteiger partial charge in [-0.2, -0.15) is 0 Å². The van der Waals surface area contributed by atoms with Crippen LogP contribution in [0.4, 0.5) is 9.52 Å². The lowest BCUT2D eigenvalue weighted by molar-refractivity contribution is -0.120. The smallest absolute Gasteiger partial charge is 0.233 e. The van der Waals surface area contributed by atoms with Gasteiger partial charge in [-0.3, -0.25) is 4.79 Å². The summed E-state index contributed by atoms with van der Waals surface area (Å²) in [5, 5.41) is 14.2. The number of hydrogen-bond acceptors (Lipinski definition) is 6. The summed E-state index contributed by atoms with van der Waals surface area (Å²) in [6, 6.07) is 5.93. The SMILES string of the molecule is CNc1nnc(S[C@H](C)C(=O)N[C@@H](C)c2ccc(F)cc2)s1. The molecule has 2 aromatic rings. The monoisotopic (exact) mass is 340 g/mol. The van der Waals surface area contributed by atoms with E-state index in [4.69, 9.17) is 0 Å². The van der Waals surface area contributed by atoms with E-state index in [9.17, 15) is 9.18 Å². The number of halogens is 1. The van der Waals surface area contributed by atoms with Crippen molar-refractivity contribution in [2.75, 3.05) is 12.4 Å². The summed E-state index contributed by atoms with van der Waals surface area (Å²) in [6.45, 7) is 3.68. The lowest BCUT2D eigenvalue weighted by Gasteiger charge is -2.17. The van der Waals surface area contributed by atoms with Crippen molar-refractivity contribution in [1.82, 2.24) is 15.5 Å². The average Bonchev–Trinajstić information content (AvgIpc) is 2.95. The molecule has 0 unspecified atom stereocenters. The summed E-state index contributed by atoms with van der Waals surface area (Å²) in [5.74, 6) is -0.383. The number of benzene rings is 1. The molecule has 0 bridgehead atoms. The van der Waals surface area contributed by atoms with Crippen molar-refractivity contribution in [1.29, 1.82) is 0 Å². The van der Waals surface area contributed by atoms with Crippen molar-refractivity contribution in [2.45, 2.75) is 29.5 Å². The van der Waals surface area contributed by atoms with Crippen LogP contribution < -0.4 is 10.6 Å². The second-order valence-electron chi connectivity index (χ2n) is 4.67. The normalized spacial score (nSPS) is 13.5. The molecule has 1 aromatic carbocycles. The van der Waals surface area contributed by atoms with E-state index in [2.05, 4.69) is 20.8 Å². The Morgan fingerprint density at radius 1 is 1.27 bits per heavy atom. The number of aromatic nitrogens is 2. The number of hydrogen-bond donors (Lipinski definition) is 2. The van der Waals surface area contributed by atoms with Crippen LogP contribution in [0.5, 0.6) is 0 Å². The highest BCUT2D eigenvalue weighted by Crippen LogP contribution is 2.29. The van der Waals surface area contributed by atoms with E-state index < -0.39 is 0 Å². The van der Waals surface area contributed by atoms with Crippen LogP contribution in [-0.4, -0.2) is 28.4 Å². The van der Waals surface area contributed by atoms with Crippen LogP contribution in [0.15, 0.2) is 28.6 Å². The second-order valence-corrected chi connectivity index (χ2v) is 7.23. The quantitative estimate of drug-likeness (QED) is 0.791. The maximum atomic E-state index is 12.9. The Bertz CT molecular complexity index is 632. The highest BCUT2D eigenvalue weighted by molar-refractivity contribution is 8.02. The van der Waals surface area contributed by atoms with Crippen LogP contribution >= 0.6 is 23.1 Å². The zero-order valence-corrected chi connectivity index (χ0v) is 14.1. The van der Waals surface area contributed by atoms with Crippen molar-refractivity contribution < 1.29 is 9.18 Å². The zero-order valence-electron chi connectivity index (χ0n) is 12.5. The number of anilines is 1. The van der Waals surface area contributed by atoms with Crippen LogP contribution in [0.25, 0.3) is 0 Å². The van der Waals surface area contributed by atoms with E-state index in [0.29, 0.717) is 0 Å². The van der Waals surface area contributed by atoms with Gasteiger partial charge in [0.05, 0.1) is 11.3 Å². The van der Waals surface area contributed by atoms with Crippen molar-refractivity contribution in [3.8, 4) is 0 Å². The van der Waals surface area contributed by atoms with Gasteiger partial charge in [0, 0.05) is 7.05 Å². The van der Waals surface area contributed by atoms with E-state index in [1.54, 1.807) is 19.2 Å². The minimum atomic E-state index is -0.291. The third-order valence-electron chi connectivity index (χ3n) is 3.00. The minimum absolute atomic E-state index is 0.0944. The second kappa shape index (κ2) is 7.55. The molecule has 0 aliphatic heterocycles. The number of nitrogens with one attached hydrogen (secondary N) is 2. The van der Waals surface area contributed by atoms with Gasteiger partial charge in [-0.1, -0.05) is 35.2 Å². The van der Waals surface area contributed by atoms with Crippen molar-refractivity contribution in [3.63, 3.8) is 0 Å². The molecule has 0 spiro atoms. The summed E-state index contributed by atoms with van der Waals surface area (Å²) in [7, 11) is 1.77. The summed E-state index contributed by atoms with van der Waals surface area (Å²) < 4.78 is 13.6. The summed E-state index contributed by atoms with van der Waals surface area (Å²) in [6.07, 6.45) is 0. The number of nitrogens with zero attached hydrogens (tertiary/aromatic N) is 2. The molecule has 0 saturated carbocycles. The first-order valence-electron chi connectivity index (χ1n) is 6.73. The van der Waals surface area contributed by atoms with Gasteiger partial charge in [0.25, 0.3) is 0 Å². The molecule has 5 nitrogen and oxygen atoms in total. The highest BCUT2D eigenvalue weighted by Gasteiger charge is 2.19.